The van der Waals surface area contributed by atoms with E-state index in [2.05, 4.69) is 0 Å². The second-order valence-electron chi connectivity index (χ2n) is 5.66. The number of rotatable bonds is 2. The number of halogens is 1. The first-order chi connectivity index (χ1) is 10.6. The van der Waals surface area contributed by atoms with E-state index in [0.717, 1.165) is 12.8 Å². The van der Waals surface area contributed by atoms with Crippen LogP contribution in [0.4, 0.5) is 4.39 Å². The van der Waals surface area contributed by atoms with E-state index in [1.807, 2.05) is 17.0 Å². The number of hydrogen-bond acceptors (Lipinski definition) is 2. The molecular formula is C18H18FNO2. The highest BCUT2D eigenvalue weighted by molar-refractivity contribution is 5.94. The Hall–Kier alpha value is -2.36. The van der Waals surface area contributed by atoms with Crippen LogP contribution in [-0.4, -0.2) is 29.0 Å². The van der Waals surface area contributed by atoms with Gasteiger partial charge in [-0.2, -0.15) is 0 Å². The molecule has 22 heavy (non-hydrogen) atoms. The van der Waals surface area contributed by atoms with Gasteiger partial charge in [0.1, 0.15) is 11.6 Å². The monoisotopic (exact) mass is 299 g/mol. The fraction of sp³-hybridized carbons (Fsp3) is 0.278. The third kappa shape index (κ3) is 3.11. The summed E-state index contributed by atoms with van der Waals surface area (Å²) in [4.78, 5) is 14.2. The molecule has 2 aromatic carbocycles. The molecule has 3 rings (SSSR count). The van der Waals surface area contributed by atoms with Gasteiger partial charge in [0, 0.05) is 18.7 Å². The van der Waals surface area contributed by atoms with Crippen molar-refractivity contribution in [1.82, 2.24) is 4.90 Å². The fourth-order valence-corrected chi connectivity index (χ4v) is 2.94. The standard InChI is InChI=1S/C18H18FNO2/c19-16-5-1-15(2-6-16)18(22)20-11-9-14(10-12-20)13-3-7-17(21)8-4-13/h1-8,14,21H,9-12H2. The molecule has 2 aromatic rings. The van der Waals surface area contributed by atoms with Crippen LogP contribution in [0.5, 0.6) is 5.75 Å². The SMILES string of the molecule is O=C(c1ccc(F)cc1)N1CCC(c2ccc(O)cc2)CC1. The van der Waals surface area contributed by atoms with Gasteiger partial charge >= 0.3 is 0 Å². The van der Waals surface area contributed by atoms with E-state index >= 15 is 0 Å². The van der Waals surface area contributed by atoms with Crippen molar-refractivity contribution < 1.29 is 14.3 Å². The summed E-state index contributed by atoms with van der Waals surface area (Å²) in [5, 5.41) is 9.34. The summed E-state index contributed by atoms with van der Waals surface area (Å²) in [6.07, 6.45) is 1.80. The van der Waals surface area contributed by atoms with Gasteiger partial charge in [-0.15, -0.1) is 0 Å². The number of phenolic OH excluding ortho intramolecular Hbond substituents is 1. The van der Waals surface area contributed by atoms with Gasteiger partial charge in [0.2, 0.25) is 0 Å². The zero-order valence-electron chi connectivity index (χ0n) is 12.2. The fourth-order valence-electron chi connectivity index (χ4n) is 2.94. The number of nitrogens with zero attached hydrogens (tertiary/aromatic N) is 1. The molecule has 114 valence electrons. The van der Waals surface area contributed by atoms with E-state index in [0.29, 0.717) is 24.6 Å². The molecular weight excluding hydrogens is 281 g/mol. The lowest BCUT2D eigenvalue weighted by atomic mass is 9.89. The number of likely N-dealkylation sites (tertiary alicyclic amines) is 1. The molecule has 1 aliphatic heterocycles. The predicted molar refractivity (Wildman–Crippen MR) is 82.4 cm³/mol. The molecule has 0 atom stereocenters. The molecule has 0 radical (unpaired) electrons. The Kier molecular flexibility index (Phi) is 4.09. The topological polar surface area (TPSA) is 40.5 Å². The minimum atomic E-state index is -0.331. The molecule has 0 aromatic heterocycles. The molecule has 0 spiro atoms. The Morgan fingerprint density at radius 1 is 1.00 bits per heavy atom. The average molecular weight is 299 g/mol. The van der Waals surface area contributed by atoms with Gasteiger partial charge in [0.05, 0.1) is 0 Å². The maximum absolute atomic E-state index is 12.9. The number of carbonyl (C=O) groups is 1. The van der Waals surface area contributed by atoms with Crippen molar-refractivity contribution >= 4 is 5.91 Å². The Bertz CT molecular complexity index is 644. The summed E-state index contributed by atoms with van der Waals surface area (Å²) in [7, 11) is 0. The molecule has 1 fully saturated rings. The lowest BCUT2D eigenvalue weighted by Gasteiger charge is -2.32. The van der Waals surface area contributed by atoms with Crippen molar-refractivity contribution in [2.75, 3.05) is 13.1 Å². The first kappa shape index (κ1) is 14.6. The minimum absolute atomic E-state index is 0.0378. The van der Waals surface area contributed by atoms with Crippen LogP contribution in [0.3, 0.4) is 0 Å². The van der Waals surface area contributed by atoms with Crippen LogP contribution in [0.25, 0.3) is 0 Å². The van der Waals surface area contributed by atoms with E-state index < -0.39 is 0 Å². The predicted octanol–water partition coefficient (Wildman–Crippen LogP) is 3.55. The van der Waals surface area contributed by atoms with Crippen molar-refractivity contribution in [3.63, 3.8) is 0 Å². The Labute approximate surface area is 129 Å². The second kappa shape index (κ2) is 6.18. The third-order valence-electron chi connectivity index (χ3n) is 4.24. The van der Waals surface area contributed by atoms with E-state index in [9.17, 15) is 14.3 Å². The molecule has 0 bridgehead atoms. The summed E-state index contributed by atoms with van der Waals surface area (Å²) in [6.45, 7) is 1.39. The molecule has 3 nitrogen and oxygen atoms in total. The largest absolute Gasteiger partial charge is 0.508 e. The number of hydrogen-bond donors (Lipinski definition) is 1. The molecule has 0 aliphatic carbocycles. The number of carbonyl (C=O) groups excluding carboxylic acids is 1. The third-order valence-corrected chi connectivity index (χ3v) is 4.24. The van der Waals surface area contributed by atoms with Crippen LogP contribution in [0.1, 0.15) is 34.7 Å². The van der Waals surface area contributed by atoms with E-state index in [1.165, 1.54) is 29.8 Å². The van der Waals surface area contributed by atoms with Crippen LogP contribution in [0.15, 0.2) is 48.5 Å². The second-order valence-corrected chi connectivity index (χ2v) is 5.66. The minimum Gasteiger partial charge on any atom is -0.508 e. The van der Waals surface area contributed by atoms with Gasteiger partial charge in [-0.25, -0.2) is 4.39 Å². The molecule has 1 N–H and O–H groups in total. The van der Waals surface area contributed by atoms with Crippen molar-refractivity contribution in [3.05, 3.63) is 65.5 Å². The average Bonchev–Trinajstić information content (AvgIpc) is 2.56. The van der Waals surface area contributed by atoms with Gasteiger partial charge in [0.15, 0.2) is 0 Å². The lowest BCUT2D eigenvalue weighted by molar-refractivity contribution is 0.0713. The zero-order valence-corrected chi connectivity index (χ0v) is 12.2. The van der Waals surface area contributed by atoms with Gasteiger partial charge < -0.3 is 10.0 Å². The van der Waals surface area contributed by atoms with Gasteiger partial charge in [-0.3, -0.25) is 4.79 Å². The Morgan fingerprint density at radius 3 is 2.18 bits per heavy atom. The van der Waals surface area contributed by atoms with Gasteiger partial charge in [-0.05, 0) is 60.7 Å². The summed E-state index contributed by atoms with van der Waals surface area (Å²) >= 11 is 0. The number of piperidine rings is 1. The Balaban J connectivity index is 1.62. The zero-order chi connectivity index (χ0) is 15.5. The Morgan fingerprint density at radius 2 is 1.59 bits per heavy atom. The van der Waals surface area contributed by atoms with Crippen molar-refractivity contribution in [1.29, 1.82) is 0 Å². The lowest BCUT2D eigenvalue weighted by Crippen LogP contribution is -2.37. The highest BCUT2D eigenvalue weighted by Crippen LogP contribution is 2.29. The van der Waals surface area contributed by atoms with Crippen LogP contribution >= 0.6 is 0 Å². The van der Waals surface area contributed by atoms with Crippen LogP contribution < -0.4 is 0 Å². The van der Waals surface area contributed by atoms with Gasteiger partial charge in [-0.1, -0.05) is 12.1 Å². The molecule has 0 saturated carbocycles. The van der Waals surface area contributed by atoms with Crippen molar-refractivity contribution in [2.45, 2.75) is 18.8 Å². The summed E-state index contributed by atoms with van der Waals surface area (Å²) in [5.74, 6) is 0.317. The van der Waals surface area contributed by atoms with Crippen molar-refractivity contribution in [2.24, 2.45) is 0 Å². The molecule has 0 unspecified atom stereocenters. The van der Waals surface area contributed by atoms with Gasteiger partial charge in [0.25, 0.3) is 5.91 Å². The smallest absolute Gasteiger partial charge is 0.253 e. The van der Waals surface area contributed by atoms with Crippen molar-refractivity contribution in [3.8, 4) is 5.75 Å². The molecule has 1 amide bonds. The number of benzene rings is 2. The summed E-state index contributed by atoms with van der Waals surface area (Å²) in [6, 6.07) is 13.0. The first-order valence-corrected chi connectivity index (χ1v) is 7.47. The molecule has 1 saturated heterocycles. The summed E-state index contributed by atoms with van der Waals surface area (Å²) < 4.78 is 12.9. The number of phenols is 1. The maximum Gasteiger partial charge on any atom is 0.253 e. The van der Waals surface area contributed by atoms with E-state index in [-0.39, 0.29) is 17.5 Å². The highest BCUT2D eigenvalue weighted by atomic mass is 19.1. The normalized spacial score (nSPS) is 15.8. The number of amides is 1. The summed E-state index contributed by atoms with van der Waals surface area (Å²) in [5.41, 5.74) is 1.73. The first-order valence-electron chi connectivity index (χ1n) is 7.47. The van der Waals surface area contributed by atoms with E-state index in [4.69, 9.17) is 0 Å². The maximum atomic E-state index is 12.9. The van der Waals surface area contributed by atoms with Crippen LogP contribution in [0, 0.1) is 5.82 Å². The van der Waals surface area contributed by atoms with Crippen LogP contribution in [-0.2, 0) is 0 Å². The molecule has 1 aliphatic rings. The highest BCUT2D eigenvalue weighted by Gasteiger charge is 2.24. The molecule has 1 heterocycles. The van der Waals surface area contributed by atoms with Crippen LogP contribution in [0.2, 0.25) is 0 Å². The number of aromatic hydroxyl groups is 1. The molecule has 4 heteroatoms. The quantitative estimate of drug-likeness (QED) is 0.921. The van der Waals surface area contributed by atoms with E-state index in [1.54, 1.807) is 12.1 Å².